The second kappa shape index (κ2) is 11.8. The van der Waals surface area contributed by atoms with Crippen molar-refractivity contribution < 1.29 is 0 Å². The first-order valence-electron chi connectivity index (χ1n) is 13.8. The average molecular weight is 568 g/mol. The molecule has 0 aliphatic rings. The smallest absolute Gasteiger partial charge is 0.192 e. The molecule has 0 bridgehead atoms. The lowest BCUT2D eigenvalue weighted by atomic mass is 9.92. The number of benzene rings is 5. The van der Waals surface area contributed by atoms with Crippen molar-refractivity contribution in [1.82, 2.24) is 40.8 Å². The zero-order chi connectivity index (χ0) is 29.7. The number of hydrogen-bond acceptors (Lipinski definition) is 9. The van der Waals surface area contributed by atoms with Crippen LogP contribution in [0.2, 0.25) is 0 Å². The summed E-state index contributed by atoms with van der Waals surface area (Å²) in [5, 5.41) is 43.8. The monoisotopic (exact) mass is 567 g/mol. The standard InChI is InChI=1S/C35H21N9/c36-22-23-11-20-30(24-12-16-28(17-13-24)34-41-37-32(38-42-34)26-7-3-1-4-8-26)31(21-23)25-14-18-29(19-15-25)35-43-39-33(40-44-35)27-9-5-2-6-10-27/h1-21H. The van der Waals surface area contributed by atoms with Gasteiger partial charge in [0, 0.05) is 22.3 Å². The van der Waals surface area contributed by atoms with Crippen molar-refractivity contribution in [3.05, 3.63) is 133 Å². The van der Waals surface area contributed by atoms with Crippen LogP contribution in [0.4, 0.5) is 0 Å². The fraction of sp³-hybridized carbons (Fsp3) is 0. The summed E-state index contributed by atoms with van der Waals surface area (Å²) in [6.45, 7) is 0. The molecule has 0 N–H and O–H groups in total. The van der Waals surface area contributed by atoms with Gasteiger partial charge >= 0.3 is 0 Å². The van der Waals surface area contributed by atoms with E-state index in [-0.39, 0.29) is 0 Å². The van der Waals surface area contributed by atoms with E-state index < -0.39 is 0 Å². The van der Waals surface area contributed by atoms with Crippen LogP contribution in [0.5, 0.6) is 0 Å². The molecule has 0 unspecified atom stereocenters. The molecule has 0 radical (unpaired) electrons. The largest absolute Gasteiger partial charge is 0.203 e. The van der Waals surface area contributed by atoms with E-state index in [0.717, 1.165) is 44.5 Å². The van der Waals surface area contributed by atoms with Gasteiger partial charge < -0.3 is 0 Å². The van der Waals surface area contributed by atoms with Crippen LogP contribution >= 0.6 is 0 Å². The lowest BCUT2D eigenvalue weighted by Gasteiger charge is -2.12. The Kier molecular flexibility index (Phi) is 7.05. The summed E-state index contributed by atoms with van der Waals surface area (Å²) in [6, 6.07) is 42.9. The summed E-state index contributed by atoms with van der Waals surface area (Å²) in [4.78, 5) is 0. The normalized spacial score (nSPS) is 10.7. The molecule has 0 atom stereocenters. The summed E-state index contributed by atoms with van der Waals surface area (Å²) < 4.78 is 0. The highest BCUT2D eigenvalue weighted by Gasteiger charge is 2.13. The van der Waals surface area contributed by atoms with E-state index in [0.29, 0.717) is 28.9 Å². The van der Waals surface area contributed by atoms with E-state index >= 15 is 0 Å². The Labute approximate surface area is 252 Å². The third-order valence-corrected chi connectivity index (χ3v) is 7.08. The van der Waals surface area contributed by atoms with Crippen molar-refractivity contribution in [2.45, 2.75) is 0 Å². The minimum atomic E-state index is 0.431. The zero-order valence-corrected chi connectivity index (χ0v) is 23.1. The van der Waals surface area contributed by atoms with Gasteiger partial charge in [0.15, 0.2) is 0 Å². The Hall–Kier alpha value is -6.53. The Balaban J connectivity index is 1.15. The van der Waals surface area contributed by atoms with Crippen molar-refractivity contribution in [2.24, 2.45) is 0 Å². The molecule has 2 heterocycles. The fourth-order valence-corrected chi connectivity index (χ4v) is 4.80. The number of nitrogens with zero attached hydrogens (tertiary/aromatic N) is 9. The third-order valence-electron chi connectivity index (χ3n) is 7.08. The number of rotatable bonds is 6. The summed E-state index contributed by atoms with van der Waals surface area (Å²) in [5.41, 5.74) is 7.70. The molecular formula is C35H21N9. The minimum absolute atomic E-state index is 0.431. The van der Waals surface area contributed by atoms with E-state index in [1.807, 2.05) is 127 Å². The molecule has 0 fully saturated rings. The number of aromatic nitrogens is 8. The fourth-order valence-electron chi connectivity index (χ4n) is 4.80. The summed E-state index contributed by atoms with van der Waals surface area (Å²) >= 11 is 0. The highest BCUT2D eigenvalue weighted by molar-refractivity contribution is 5.85. The van der Waals surface area contributed by atoms with Gasteiger partial charge in [-0.1, -0.05) is 115 Å². The summed E-state index contributed by atoms with van der Waals surface area (Å²) in [7, 11) is 0. The summed E-state index contributed by atoms with van der Waals surface area (Å²) in [6.07, 6.45) is 0. The molecule has 0 spiro atoms. The van der Waals surface area contributed by atoms with Crippen LogP contribution in [0.15, 0.2) is 127 Å². The molecule has 7 aromatic rings. The Morgan fingerprint density at radius 3 is 1.07 bits per heavy atom. The van der Waals surface area contributed by atoms with E-state index in [4.69, 9.17) is 0 Å². The van der Waals surface area contributed by atoms with Crippen molar-refractivity contribution in [3.8, 4) is 73.9 Å². The van der Waals surface area contributed by atoms with E-state index in [2.05, 4.69) is 46.9 Å². The highest BCUT2D eigenvalue weighted by atomic mass is 15.3. The van der Waals surface area contributed by atoms with Crippen LogP contribution < -0.4 is 0 Å². The lowest BCUT2D eigenvalue weighted by molar-refractivity contribution is 0.876. The highest BCUT2D eigenvalue weighted by Crippen LogP contribution is 2.34. The maximum Gasteiger partial charge on any atom is 0.203 e. The molecule has 0 saturated heterocycles. The third kappa shape index (κ3) is 5.38. The first-order chi connectivity index (χ1) is 21.7. The van der Waals surface area contributed by atoms with Gasteiger partial charge in [-0.15, -0.1) is 40.8 Å². The lowest BCUT2D eigenvalue weighted by Crippen LogP contribution is -1.99. The molecule has 7 rings (SSSR count). The van der Waals surface area contributed by atoms with Crippen molar-refractivity contribution in [3.63, 3.8) is 0 Å². The Morgan fingerprint density at radius 2 is 0.682 bits per heavy atom. The van der Waals surface area contributed by atoms with Crippen LogP contribution in [-0.2, 0) is 0 Å². The van der Waals surface area contributed by atoms with Crippen molar-refractivity contribution in [2.75, 3.05) is 0 Å². The van der Waals surface area contributed by atoms with Crippen LogP contribution in [0.1, 0.15) is 5.56 Å². The van der Waals surface area contributed by atoms with Gasteiger partial charge in [0.2, 0.25) is 23.3 Å². The molecule has 5 aromatic carbocycles. The second-order valence-corrected chi connectivity index (χ2v) is 9.85. The van der Waals surface area contributed by atoms with Gasteiger partial charge in [0.05, 0.1) is 11.6 Å². The van der Waals surface area contributed by atoms with Crippen LogP contribution in [0.25, 0.3) is 67.8 Å². The van der Waals surface area contributed by atoms with Crippen molar-refractivity contribution in [1.29, 1.82) is 5.26 Å². The summed E-state index contributed by atoms with van der Waals surface area (Å²) in [5.74, 6) is 1.82. The van der Waals surface area contributed by atoms with Crippen LogP contribution in [0, 0.1) is 11.3 Å². The molecule has 44 heavy (non-hydrogen) atoms. The van der Waals surface area contributed by atoms with Gasteiger partial charge in [-0.2, -0.15) is 5.26 Å². The zero-order valence-electron chi connectivity index (χ0n) is 23.1. The maximum atomic E-state index is 9.62. The van der Waals surface area contributed by atoms with Gasteiger partial charge in [-0.3, -0.25) is 0 Å². The average Bonchev–Trinajstić information content (AvgIpc) is 3.12. The molecule has 0 aliphatic heterocycles. The molecular weight excluding hydrogens is 546 g/mol. The van der Waals surface area contributed by atoms with E-state index in [1.165, 1.54) is 0 Å². The molecule has 0 saturated carbocycles. The number of nitriles is 1. The van der Waals surface area contributed by atoms with E-state index in [1.54, 1.807) is 0 Å². The molecule has 0 amide bonds. The predicted molar refractivity (Wildman–Crippen MR) is 166 cm³/mol. The minimum Gasteiger partial charge on any atom is -0.192 e. The number of hydrogen-bond donors (Lipinski definition) is 0. The first-order valence-corrected chi connectivity index (χ1v) is 13.8. The molecule has 9 heteroatoms. The van der Waals surface area contributed by atoms with E-state index in [9.17, 15) is 5.26 Å². The molecule has 2 aromatic heterocycles. The van der Waals surface area contributed by atoms with Gasteiger partial charge in [-0.05, 0) is 34.4 Å². The SMILES string of the molecule is N#Cc1ccc(-c2ccc(-c3nnc(-c4ccccc4)nn3)cc2)c(-c2ccc(-c3nnc(-c4ccccc4)nn3)cc2)c1. The maximum absolute atomic E-state index is 9.62. The van der Waals surface area contributed by atoms with Gasteiger partial charge in [-0.25, -0.2) is 0 Å². The Morgan fingerprint density at radius 1 is 0.341 bits per heavy atom. The second-order valence-electron chi connectivity index (χ2n) is 9.85. The Bertz CT molecular complexity index is 2070. The van der Waals surface area contributed by atoms with Crippen LogP contribution in [-0.4, -0.2) is 40.8 Å². The molecule has 206 valence electrons. The van der Waals surface area contributed by atoms with Gasteiger partial charge in [0.1, 0.15) is 0 Å². The molecule has 0 aliphatic carbocycles. The predicted octanol–water partition coefficient (Wildman–Crippen LogP) is 6.72. The first kappa shape index (κ1) is 26.4. The topological polar surface area (TPSA) is 127 Å². The van der Waals surface area contributed by atoms with Gasteiger partial charge in [0.25, 0.3) is 0 Å². The van der Waals surface area contributed by atoms with Crippen LogP contribution in [0.3, 0.4) is 0 Å². The van der Waals surface area contributed by atoms with Crippen molar-refractivity contribution >= 4 is 0 Å². The quantitative estimate of drug-likeness (QED) is 0.215. The molecule has 9 nitrogen and oxygen atoms in total.